The summed E-state index contributed by atoms with van der Waals surface area (Å²) in [6, 6.07) is 4.77. The Morgan fingerprint density at radius 3 is 2.29 bits per heavy atom. The lowest BCUT2D eigenvalue weighted by molar-refractivity contribution is -0.384. The Morgan fingerprint density at radius 2 is 1.71 bits per heavy atom. The number of nitro benzene ring substituents is 1. The molecule has 0 bridgehead atoms. The molecule has 3 fully saturated rings. The minimum Gasteiger partial charge on any atom is -0.362 e. The molecule has 3 aliphatic rings. The Hall–Kier alpha value is -2.68. The van der Waals surface area contributed by atoms with E-state index in [4.69, 9.17) is 0 Å². The van der Waals surface area contributed by atoms with Gasteiger partial charge in [-0.2, -0.15) is 0 Å². The van der Waals surface area contributed by atoms with Crippen molar-refractivity contribution in [3.8, 4) is 0 Å². The largest absolute Gasteiger partial charge is 0.362 e. The molecule has 28 heavy (non-hydrogen) atoms. The van der Waals surface area contributed by atoms with Crippen LogP contribution in [0, 0.1) is 22.0 Å². The van der Waals surface area contributed by atoms with Crippen molar-refractivity contribution in [1.29, 1.82) is 0 Å². The molecule has 0 spiro atoms. The smallest absolute Gasteiger partial charge is 0.293 e. The highest BCUT2D eigenvalue weighted by Crippen LogP contribution is 2.32. The second kappa shape index (κ2) is 7.38. The van der Waals surface area contributed by atoms with Crippen molar-refractivity contribution in [2.24, 2.45) is 11.8 Å². The van der Waals surface area contributed by atoms with Crippen molar-refractivity contribution in [1.82, 2.24) is 15.1 Å². The maximum atomic E-state index is 12.9. The molecule has 0 aliphatic carbocycles. The third kappa shape index (κ3) is 3.42. The zero-order valence-electron chi connectivity index (χ0n) is 16.0. The molecule has 3 aliphatic heterocycles. The molecule has 150 valence electrons. The van der Waals surface area contributed by atoms with E-state index in [0.29, 0.717) is 62.4 Å². The van der Waals surface area contributed by atoms with Gasteiger partial charge in [0.1, 0.15) is 5.69 Å². The topological polar surface area (TPSA) is 99.0 Å². The summed E-state index contributed by atoms with van der Waals surface area (Å²) < 4.78 is 0. The van der Waals surface area contributed by atoms with E-state index in [1.165, 1.54) is 13.0 Å². The third-order valence-corrected chi connectivity index (χ3v) is 6.16. The van der Waals surface area contributed by atoms with E-state index >= 15 is 0 Å². The van der Waals surface area contributed by atoms with E-state index in [1.807, 2.05) is 9.80 Å². The van der Waals surface area contributed by atoms with Crippen LogP contribution in [0.4, 0.5) is 11.4 Å². The van der Waals surface area contributed by atoms with Crippen molar-refractivity contribution in [3.05, 3.63) is 33.9 Å². The number of nitrogens with zero attached hydrogens (tertiary/aromatic N) is 4. The number of nitrogens with one attached hydrogen (secondary N) is 1. The summed E-state index contributed by atoms with van der Waals surface area (Å²) in [5.74, 6) is 0.845. The number of hydrogen-bond acceptors (Lipinski definition) is 6. The lowest BCUT2D eigenvalue weighted by Gasteiger charge is -2.35. The maximum Gasteiger partial charge on any atom is 0.293 e. The molecule has 3 heterocycles. The fraction of sp³-hybridized carbons (Fsp3) is 0.579. The van der Waals surface area contributed by atoms with Gasteiger partial charge in [-0.3, -0.25) is 19.7 Å². The first-order chi connectivity index (χ1) is 13.4. The highest BCUT2D eigenvalue weighted by Gasteiger charge is 2.38. The Morgan fingerprint density at radius 1 is 1.07 bits per heavy atom. The lowest BCUT2D eigenvalue weighted by Crippen LogP contribution is -2.48. The Labute approximate surface area is 163 Å². The van der Waals surface area contributed by atoms with Gasteiger partial charge in [0, 0.05) is 70.9 Å². The van der Waals surface area contributed by atoms with Gasteiger partial charge in [-0.25, -0.2) is 0 Å². The van der Waals surface area contributed by atoms with Gasteiger partial charge in [-0.15, -0.1) is 0 Å². The maximum absolute atomic E-state index is 12.9. The van der Waals surface area contributed by atoms with Crippen LogP contribution in [0.25, 0.3) is 0 Å². The van der Waals surface area contributed by atoms with Crippen LogP contribution < -0.4 is 10.2 Å². The number of likely N-dealkylation sites (tertiary alicyclic amines) is 1. The van der Waals surface area contributed by atoms with Crippen LogP contribution in [0.2, 0.25) is 0 Å². The first-order valence-electron chi connectivity index (χ1n) is 9.73. The zero-order chi connectivity index (χ0) is 19.8. The molecular formula is C19H25N5O4. The number of piperazine rings is 1. The van der Waals surface area contributed by atoms with Crippen molar-refractivity contribution in [2.45, 2.75) is 6.92 Å². The molecular weight excluding hydrogens is 362 g/mol. The summed E-state index contributed by atoms with van der Waals surface area (Å²) >= 11 is 0. The molecule has 3 saturated heterocycles. The van der Waals surface area contributed by atoms with Gasteiger partial charge in [0.05, 0.1) is 4.92 Å². The summed E-state index contributed by atoms with van der Waals surface area (Å²) in [4.78, 5) is 41.1. The molecule has 9 heteroatoms. The fourth-order valence-corrected chi connectivity index (χ4v) is 4.54. The van der Waals surface area contributed by atoms with Gasteiger partial charge < -0.3 is 20.0 Å². The van der Waals surface area contributed by atoms with E-state index in [0.717, 1.165) is 13.1 Å². The zero-order valence-corrected chi connectivity index (χ0v) is 16.0. The number of nitro groups is 1. The van der Waals surface area contributed by atoms with E-state index in [1.54, 1.807) is 17.0 Å². The lowest BCUT2D eigenvalue weighted by atomic mass is 10.0. The van der Waals surface area contributed by atoms with E-state index in [9.17, 15) is 19.7 Å². The number of rotatable bonds is 3. The molecule has 1 aromatic carbocycles. The van der Waals surface area contributed by atoms with Crippen LogP contribution in [0.15, 0.2) is 18.2 Å². The number of fused-ring (bicyclic) bond motifs is 1. The molecule has 1 aromatic rings. The molecule has 0 radical (unpaired) electrons. The van der Waals surface area contributed by atoms with Crippen molar-refractivity contribution >= 4 is 23.2 Å². The Bertz CT molecular complexity index is 794. The first-order valence-corrected chi connectivity index (χ1v) is 9.73. The minimum absolute atomic E-state index is 0.0145. The van der Waals surface area contributed by atoms with Crippen molar-refractivity contribution in [2.75, 3.05) is 57.3 Å². The van der Waals surface area contributed by atoms with Crippen molar-refractivity contribution < 1.29 is 14.5 Å². The molecule has 2 atom stereocenters. The highest BCUT2D eigenvalue weighted by molar-refractivity contribution is 5.96. The third-order valence-electron chi connectivity index (χ3n) is 6.16. The van der Waals surface area contributed by atoms with Crippen LogP contribution >= 0.6 is 0 Å². The van der Waals surface area contributed by atoms with Crippen LogP contribution in [-0.4, -0.2) is 78.9 Å². The molecule has 1 N–H and O–H groups in total. The number of carbonyl (C=O) groups excluding carboxylic acids is 2. The van der Waals surface area contributed by atoms with Crippen molar-refractivity contribution in [3.63, 3.8) is 0 Å². The average molecular weight is 387 g/mol. The van der Waals surface area contributed by atoms with Gasteiger partial charge in [0.25, 0.3) is 11.6 Å². The van der Waals surface area contributed by atoms with Crippen LogP contribution in [0.1, 0.15) is 17.3 Å². The number of hydrogen-bond donors (Lipinski definition) is 1. The van der Waals surface area contributed by atoms with Gasteiger partial charge in [0.15, 0.2) is 0 Å². The minimum atomic E-state index is -0.425. The number of benzene rings is 1. The van der Waals surface area contributed by atoms with Gasteiger partial charge in [-0.05, 0) is 24.0 Å². The summed E-state index contributed by atoms with van der Waals surface area (Å²) in [5, 5.41) is 15.0. The molecule has 0 saturated carbocycles. The van der Waals surface area contributed by atoms with Gasteiger partial charge in [-0.1, -0.05) is 0 Å². The summed E-state index contributed by atoms with van der Waals surface area (Å²) in [6.45, 7) is 6.96. The number of anilines is 1. The quantitative estimate of drug-likeness (QED) is 0.601. The molecule has 0 unspecified atom stereocenters. The van der Waals surface area contributed by atoms with Gasteiger partial charge in [0.2, 0.25) is 5.91 Å². The Balaban J connectivity index is 1.52. The average Bonchev–Trinajstić information content (AvgIpc) is 3.29. The van der Waals surface area contributed by atoms with Crippen LogP contribution in [0.5, 0.6) is 0 Å². The van der Waals surface area contributed by atoms with E-state index in [2.05, 4.69) is 5.32 Å². The van der Waals surface area contributed by atoms with Crippen LogP contribution in [0.3, 0.4) is 0 Å². The molecule has 0 aromatic heterocycles. The Kier molecular flexibility index (Phi) is 4.92. The number of amides is 2. The second-order valence-corrected chi connectivity index (χ2v) is 7.84. The number of carbonyl (C=O) groups is 2. The SMILES string of the molecule is CC(=O)N1CCN(c2ccc(C(=O)N3C[C@H]4CNC[C@H]4C3)cc2[N+](=O)[O-])CC1. The summed E-state index contributed by atoms with van der Waals surface area (Å²) in [5.41, 5.74) is 0.821. The predicted molar refractivity (Wildman–Crippen MR) is 103 cm³/mol. The fourth-order valence-electron chi connectivity index (χ4n) is 4.54. The summed E-state index contributed by atoms with van der Waals surface area (Å²) in [6.07, 6.45) is 0. The monoisotopic (exact) mass is 387 g/mol. The molecule has 9 nitrogen and oxygen atoms in total. The molecule has 4 rings (SSSR count). The standard InChI is InChI=1S/C19H25N5O4/c1-13(25)21-4-6-22(7-5-21)17-3-2-14(8-18(17)24(27)28)19(26)23-11-15-9-20-10-16(15)12-23/h2-3,8,15-16,20H,4-7,9-12H2,1H3/t15-,16+. The first kappa shape index (κ1) is 18.7. The van der Waals surface area contributed by atoms with E-state index < -0.39 is 4.92 Å². The second-order valence-electron chi connectivity index (χ2n) is 7.84. The summed E-state index contributed by atoms with van der Waals surface area (Å²) in [7, 11) is 0. The molecule has 2 amide bonds. The predicted octanol–water partition coefficient (Wildman–Crippen LogP) is 0.555. The van der Waals surface area contributed by atoms with E-state index in [-0.39, 0.29) is 17.5 Å². The van der Waals surface area contributed by atoms with Gasteiger partial charge >= 0.3 is 0 Å². The highest BCUT2D eigenvalue weighted by atomic mass is 16.6. The van der Waals surface area contributed by atoms with Crippen LogP contribution in [-0.2, 0) is 4.79 Å². The normalized spacial score (nSPS) is 24.4.